The van der Waals surface area contributed by atoms with Crippen molar-refractivity contribution in [2.24, 2.45) is 5.92 Å². The molecule has 1 aromatic carbocycles. The van der Waals surface area contributed by atoms with Gasteiger partial charge in [0, 0.05) is 45.2 Å². The van der Waals surface area contributed by atoms with Gasteiger partial charge in [0.1, 0.15) is 5.75 Å². The number of piperazine rings is 1. The number of carbonyl (C=O) groups is 1. The van der Waals surface area contributed by atoms with Crippen LogP contribution in [0.2, 0.25) is 0 Å². The molecule has 8 nitrogen and oxygen atoms in total. The molecule has 0 radical (unpaired) electrons. The normalized spacial score (nSPS) is 19.9. The van der Waals surface area contributed by atoms with Crippen LogP contribution in [-0.2, 0) is 13.0 Å². The van der Waals surface area contributed by atoms with E-state index in [0.29, 0.717) is 18.8 Å². The molecule has 2 aliphatic heterocycles. The number of amides is 1. The molecule has 27 heavy (non-hydrogen) atoms. The maximum absolute atomic E-state index is 12.4. The van der Waals surface area contributed by atoms with Crippen molar-refractivity contribution < 1.29 is 9.53 Å². The maximum Gasteiger partial charge on any atom is 0.273 e. The summed E-state index contributed by atoms with van der Waals surface area (Å²) in [5.74, 6) is 1.04. The summed E-state index contributed by atoms with van der Waals surface area (Å²) in [5.41, 5.74) is 1.56. The van der Waals surface area contributed by atoms with Crippen LogP contribution in [0.4, 0.5) is 0 Å². The van der Waals surface area contributed by atoms with Crippen LogP contribution in [0.25, 0.3) is 0 Å². The number of benzene rings is 1. The van der Waals surface area contributed by atoms with Crippen molar-refractivity contribution in [3.05, 3.63) is 41.7 Å². The number of hydrogen-bond donors (Lipinski definition) is 2. The standard InChI is InChI=1S/C19H26N6O2/c26-19(21-12-15-11-16-3-1-2-4-18(16)27-14-15)17-13-25(23-22-17)10-9-24-7-5-20-6-8-24/h1-4,13,15,20H,5-12,14H2,(H,21,26)/t15-/m0/s1. The van der Waals surface area contributed by atoms with Crippen molar-refractivity contribution in [3.63, 3.8) is 0 Å². The second-order valence-corrected chi connectivity index (χ2v) is 7.16. The van der Waals surface area contributed by atoms with Crippen LogP contribution in [0.5, 0.6) is 5.75 Å². The van der Waals surface area contributed by atoms with Gasteiger partial charge in [-0.15, -0.1) is 5.10 Å². The predicted octanol–water partition coefficient (Wildman–Crippen LogP) is 0.164. The predicted molar refractivity (Wildman–Crippen MR) is 101 cm³/mol. The Morgan fingerprint density at radius 1 is 1.26 bits per heavy atom. The second kappa shape index (κ2) is 8.49. The van der Waals surface area contributed by atoms with Crippen molar-refractivity contribution in [3.8, 4) is 5.75 Å². The largest absolute Gasteiger partial charge is 0.493 e. The molecule has 1 fully saturated rings. The first-order valence-corrected chi connectivity index (χ1v) is 9.60. The van der Waals surface area contributed by atoms with E-state index in [9.17, 15) is 4.79 Å². The Bertz CT molecular complexity index is 771. The molecule has 2 aliphatic rings. The maximum atomic E-state index is 12.4. The number of hydrogen-bond acceptors (Lipinski definition) is 6. The Morgan fingerprint density at radius 3 is 3.00 bits per heavy atom. The third-order valence-corrected chi connectivity index (χ3v) is 5.13. The molecule has 0 spiro atoms. The first kappa shape index (κ1) is 17.9. The van der Waals surface area contributed by atoms with Crippen LogP contribution in [0, 0.1) is 5.92 Å². The van der Waals surface area contributed by atoms with E-state index in [1.54, 1.807) is 10.9 Å². The first-order chi connectivity index (χ1) is 13.3. The zero-order chi connectivity index (χ0) is 18.5. The van der Waals surface area contributed by atoms with E-state index in [0.717, 1.165) is 51.4 Å². The average molecular weight is 370 g/mol. The summed E-state index contributed by atoms with van der Waals surface area (Å²) < 4.78 is 7.52. The molecule has 1 amide bonds. The van der Waals surface area contributed by atoms with Crippen molar-refractivity contribution in [1.82, 2.24) is 30.5 Å². The van der Waals surface area contributed by atoms with Crippen LogP contribution >= 0.6 is 0 Å². The summed E-state index contributed by atoms with van der Waals surface area (Å²) in [6, 6.07) is 8.06. The molecule has 1 atom stereocenters. The smallest absolute Gasteiger partial charge is 0.273 e. The number of nitrogens with zero attached hydrogens (tertiary/aromatic N) is 4. The molecule has 0 bridgehead atoms. The fourth-order valence-electron chi connectivity index (χ4n) is 3.54. The van der Waals surface area contributed by atoms with Gasteiger partial charge in [0.2, 0.25) is 0 Å². The van der Waals surface area contributed by atoms with E-state index in [4.69, 9.17) is 4.74 Å². The van der Waals surface area contributed by atoms with E-state index in [1.807, 2.05) is 18.2 Å². The van der Waals surface area contributed by atoms with Gasteiger partial charge in [0.15, 0.2) is 5.69 Å². The fraction of sp³-hybridized carbons (Fsp3) is 0.526. The third-order valence-electron chi connectivity index (χ3n) is 5.13. The molecule has 2 aromatic rings. The number of nitrogens with one attached hydrogen (secondary N) is 2. The summed E-state index contributed by atoms with van der Waals surface area (Å²) in [6.07, 6.45) is 2.64. The Balaban J connectivity index is 1.24. The molecule has 1 aromatic heterocycles. The summed E-state index contributed by atoms with van der Waals surface area (Å²) in [5, 5.41) is 14.4. The highest BCUT2D eigenvalue weighted by Gasteiger charge is 2.21. The monoisotopic (exact) mass is 370 g/mol. The molecule has 3 heterocycles. The van der Waals surface area contributed by atoms with Gasteiger partial charge >= 0.3 is 0 Å². The molecule has 2 N–H and O–H groups in total. The van der Waals surface area contributed by atoms with Crippen LogP contribution in [0.3, 0.4) is 0 Å². The number of carbonyl (C=O) groups excluding carboxylic acids is 1. The Labute approximate surface area is 158 Å². The van der Waals surface area contributed by atoms with E-state index in [1.165, 1.54) is 5.56 Å². The molecular formula is C19H26N6O2. The highest BCUT2D eigenvalue weighted by Crippen LogP contribution is 2.26. The number of fused-ring (bicyclic) bond motifs is 1. The van der Waals surface area contributed by atoms with Crippen molar-refractivity contribution >= 4 is 5.91 Å². The summed E-state index contributed by atoms with van der Waals surface area (Å²) in [4.78, 5) is 14.8. The molecule has 0 saturated carbocycles. The number of rotatable bonds is 6. The van der Waals surface area contributed by atoms with Gasteiger partial charge in [-0.25, -0.2) is 0 Å². The number of aromatic nitrogens is 3. The molecular weight excluding hydrogens is 344 g/mol. The molecule has 4 rings (SSSR count). The lowest BCUT2D eigenvalue weighted by Crippen LogP contribution is -2.44. The van der Waals surface area contributed by atoms with Crippen LogP contribution in [0.1, 0.15) is 16.1 Å². The highest BCUT2D eigenvalue weighted by molar-refractivity contribution is 5.91. The summed E-state index contributed by atoms with van der Waals surface area (Å²) in [7, 11) is 0. The lowest BCUT2D eigenvalue weighted by atomic mass is 9.97. The highest BCUT2D eigenvalue weighted by atomic mass is 16.5. The van der Waals surface area contributed by atoms with Crippen molar-refractivity contribution in [1.29, 1.82) is 0 Å². The van der Waals surface area contributed by atoms with Gasteiger partial charge in [-0.1, -0.05) is 23.4 Å². The van der Waals surface area contributed by atoms with E-state index >= 15 is 0 Å². The molecule has 0 aliphatic carbocycles. The number of ether oxygens (including phenoxy) is 1. The van der Waals surface area contributed by atoms with Gasteiger partial charge < -0.3 is 15.4 Å². The second-order valence-electron chi connectivity index (χ2n) is 7.16. The topological polar surface area (TPSA) is 84.3 Å². The fourth-order valence-corrected chi connectivity index (χ4v) is 3.54. The molecule has 144 valence electrons. The summed E-state index contributed by atoms with van der Waals surface area (Å²) >= 11 is 0. The van der Waals surface area contributed by atoms with Gasteiger partial charge in [0.25, 0.3) is 5.91 Å². The SMILES string of the molecule is O=C(NC[C@H]1COc2ccccc2C1)c1cn(CCN2CCNCC2)nn1. The Hall–Kier alpha value is -2.45. The van der Waals surface area contributed by atoms with Crippen molar-refractivity contribution in [2.45, 2.75) is 13.0 Å². The zero-order valence-electron chi connectivity index (χ0n) is 15.4. The van der Waals surface area contributed by atoms with Gasteiger partial charge in [-0.2, -0.15) is 0 Å². The van der Waals surface area contributed by atoms with Crippen LogP contribution in [-0.4, -0.2) is 71.7 Å². The van der Waals surface area contributed by atoms with Crippen LogP contribution < -0.4 is 15.4 Å². The molecule has 8 heteroatoms. The van der Waals surface area contributed by atoms with E-state index < -0.39 is 0 Å². The minimum Gasteiger partial charge on any atom is -0.493 e. The third kappa shape index (κ3) is 4.64. The molecule has 0 unspecified atom stereocenters. The van der Waals surface area contributed by atoms with E-state index in [-0.39, 0.29) is 11.8 Å². The summed E-state index contributed by atoms with van der Waals surface area (Å²) in [6.45, 7) is 7.01. The average Bonchev–Trinajstić information content (AvgIpc) is 3.20. The van der Waals surface area contributed by atoms with Crippen molar-refractivity contribution in [2.75, 3.05) is 45.9 Å². The Morgan fingerprint density at radius 2 is 2.11 bits per heavy atom. The van der Waals surface area contributed by atoms with Gasteiger partial charge in [-0.3, -0.25) is 14.4 Å². The first-order valence-electron chi connectivity index (χ1n) is 9.60. The number of para-hydroxylation sites is 1. The Kier molecular flexibility index (Phi) is 5.64. The van der Waals surface area contributed by atoms with Crippen LogP contribution in [0.15, 0.2) is 30.5 Å². The zero-order valence-corrected chi connectivity index (χ0v) is 15.4. The van der Waals surface area contributed by atoms with Gasteiger partial charge in [0.05, 0.1) is 19.3 Å². The minimum absolute atomic E-state index is 0.178. The lowest BCUT2D eigenvalue weighted by molar-refractivity contribution is 0.0934. The molecule has 1 saturated heterocycles. The quantitative estimate of drug-likeness (QED) is 0.754. The minimum atomic E-state index is -0.178. The van der Waals surface area contributed by atoms with Gasteiger partial charge in [-0.05, 0) is 18.1 Å². The lowest BCUT2D eigenvalue weighted by Gasteiger charge is -2.26. The van der Waals surface area contributed by atoms with E-state index in [2.05, 4.69) is 31.9 Å².